The minimum Gasteiger partial charge on any atom is -0.475 e. The third kappa shape index (κ3) is 4.34. The summed E-state index contributed by atoms with van der Waals surface area (Å²) in [4.78, 5) is 6.82. The van der Waals surface area contributed by atoms with E-state index < -0.39 is 11.9 Å². The van der Waals surface area contributed by atoms with E-state index in [-0.39, 0.29) is 25.0 Å². The molecule has 0 aliphatic carbocycles. The van der Waals surface area contributed by atoms with E-state index in [1.54, 1.807) is 6.92 Å². The average molecular weight is 266 g/mol. The summed E-state index contributed by atoms with van der Waals surface area (Å²) in [5.41, 5.74) is 0.820. The van der Waals surface area contributed by atoms with Crippen LogP contribution < -0.4 is 16.0 Å². The Kier molecular flexibility index (Phi) is 5.10. The maximum absolute atomic E-state index is 12.5. The lowest BCUT2D eigenvalue weighted by Gasteiger charge is -2.10. The van der Waals surface area contributed by atoms with Gasteiger partial charge in [-0.25, -0.2) is 10.8 Å². The molecule has 0 radical (unpaired) electrons. The van der Waals surface area contributed by atoms with Gasteiger partial charge in [-0.1, -0.05) is 0 Å². The second-order valence-corrected chi connectivity index (χ2v) is 3.10. The molecule has 18 heavy (non-hydrogen) atoms. The van der Waals surface area contributed by atoms with Crippen molar-refractivity contribution in [2.24, 2.45) is 5.84 Å². The van der Waals surface area contributed by atoms with Crippen LogP contribution in [0.5, 0.6) is 5.88 Å². The van der Waals surface area contributed by atoms with E-state index in [1.165, 1.54) is 0 Å². The molecule has 0 fully saturated rings. The van der Waals surface area contributed by atoms with E-state index in [9.17, 15) is 13.2 Å². The van der Waals surface area contributed by atoms with E-state index in [0.29, 0.717) is 12.7 Å². The van der Waals surface area contributed by atoms with Crippen LogP contribution in [0, 0.1) is 0 Å². The summed E-state index contributed by atoms with van der Waals surface area (Å²) in [5, 5.41) is 0. The van der Waals surface area contributed by atoms with Gasteiger partial charge in [-0.2, -0.15) is 18.2 Å². The molecule has 0 aliphatic heterocycles. The highest BCUT2D eigenvalue weighted by atomic mass is 19.4. The van der Waals surface area contributed by atoms with Gasteiger partial charge in [0.2, 0.25) is 11.8 Å². The number of hydrogen-bond acceptors (Lipinski definition) is 6. The Morgan fingerprint density at radius 3 is 2.61 bits per heavy atom. The number of nitrogen functional groups attached to an aromatic ring is 1. The molecule has 3 N–H and O–H groups in total. The second-order valence-electron chi connectivity index (χ2n) is 3.10. The zero-order valence-electron chi connectivity index (χ0n) is 9.62. The molecule has 0 atom stereocenters. The predicted octanol–water partition coefficient (Wildman–Crippen LogP) is 1.20. The lowest BCUT2D eigenvalue weighted by molar-refractivity contribution is -0.141. The molecule has 0 saturated carbocycles. The van der Waals surface area contributed by atoms with Crippen molar-refractivity contribution < 1.29 is 22.6 Å². The van der Waals surface area contributed by atoms with Crippen LogP contribution in [0.1, 0.15) is 12.6 Å². The maximum atomic E-state index is 12.5. The first-order valence-corrected chi connectivity index (χ1v) is 5.10. The molecule has 1 rings (SSSR count). The molecular formula is C9H13F3N4O2. The summed E-state index contributed by atoms with van der Waals surface area (Å²) in [6.45, 7) is 2.64. The van der Waals surface area contributed by atoms with E-state index in [2.05, 4.69) is 9.97 Å². The van der Waals surface area contributed by atoms with Crippen molar-refractivity contribution in [3.05, 3.63) is 11.8 Å². The van der Waals surface area contributed by atoms with Crippen molar-refractivity contribution in [2.45, 2.75) is 13.1 Å². The summed E-state index contributed by atoms with van der Waals surface area (Å²) in [6, 6.07) is 0.701. The molecule has 1 aromatic heterocycles. The monoisotopic (exact) mass is 266 g/mol. The van der Waals surface area contributed by atoms with E-state index in [0.717, 1.165) is 0 Å². The molecule has 0 amide bonds. The van der Waals surface area contributed by atoms with Gasteiger partial charge in [0.05, 0.1) is 6.61 Å². The fourth-order valence-corrected chi connectivity index (χ4v) is 1.06. The van der Waals surface area contributed by atoms with Gasteiger partial charge in [0.25, 0.3) is 0 Å². The van der Waals surface area contributed by atoms with E-state index in [1.807, 2.05) is 5.43 Å². The molecule has 0 unspecified atom stereocenters. The van der Waals surface area contributed by atoms with Gasteiger partial charge >= 0.3 is 6.18 Å². The summed E-state index contributed by atoms with van der Waals surface area (Å²) in [6.07, 6.45) is -4.59. The number of alkyl halides is 3. The fourth-order valence-electron chi connectivity index (χ4n) is 1.06. The third-order valence-corrected chi connectivity index (χ3v) is 1.80. The van der Waals surface area contributed by atoms with Crippen LogP contribution in [-0.4, -0.2) is 29.8 Å². The van der Waals surface area contributed by atoms with Crippen LogP contribution >= 0.6 is 0 Å². The molecule has 102 valence electrons. The molecule has 1 heterocycles. The number of aromatic nitrogens is 2. The first-order chi connectivity index (χ1) is 8.47. The first kappa shape index (κ1) is 14.5. The zero-order valence-corrected chi connectivity index (χ0v) is 9.62. The molecule has 0 aromatic carbocycles. The number of rotatable bonds is 6. The predicted molar refractivity (Wildman–Crippen MR) is 56.8 cm³/mol. The summed E-state index contributed by atoms with van der Waals surface area (Å²) < 4.78 is 47.5. The van der Waals surface area contributed by atoms with Gasteiger partial charge in [0.1, 0.15) is 6.61 Å². The Morgan fingerprint density at radius 2 is 2.06 bits per heavy atom. The molecular weight excluding hydrogens is 253 g/mol. The number of nitrogens with zero attached hydrogens (tertiary/aromatic N) is 2. The summed E-state index contributed by atoms with van der Waals surface area (Å²) >= 11 is 0. The largest absolute Gasteiger partial charge is 0.475 e. The molecule has 0 spiro atoms. The summed E-state index contributed by atoms with van der Waals surface area (Å²) in [7, 11) is 0. The smallest absolute Gasteiger partial charge is 0.433 e. The van der Waals surface area contributed by atoms with Crippen LogP contribution in [0.2, 0.25) is 0 Å². The third-order valence-electron chi connectivity index (χ3n) is 1.80. The quantitative estimate of drug-likeness (QED) is 0.457. The highest BCUT2D eigenvalue weighted by Gasteiger charge is 2.34. The van der Waals surface area contributed by atoms with Gasteiger partial charge in [-0.15, -0.1) is 0 Å². The number of hydrogen-bond donors (Lipinski definition) is 2. The first-order valence-electron chi connectivity index (χ1n) is 5.10. The Balaban J connectivity index is 2.78. The average Bonchev–Trinajstić information content (AvgIpc) is 2.33. The number of nitrogens with two attached hydrogens (primary N) is 1. The van der Waals surface area contributed by atoms with E-state index in [4.69, 9.17) is 15.3 Å². The lowest BCUT2D eigenvalue weighted by Crippen LogP contribution is -2.17. The minimum absolute atomic E-state index is 0.0894. The van der Waals surface area contributed by atoms with Gasteiger partial charge in [0.15, 0.2) is 5.69 Å². The number of anilines is 1. The standard InChI is InChI=1S/C9H13F3N4O2/c1-2-17-3-4-18-7-5-6(9(10,11)12)14-8(15-7)16-13/h5H,2-4,13H2,1H3,(H,14,15,16). The highest BCUT2D eigenvalue weighted by Crippen LogP contribution is 2.30. The number of nitrogens with one attached hydrogen (secondary N) is 1. The van der Waals surface area contributed by atoms with Crippen molar-refractivity contribution >= 4 is 5.95 Å². The van der Waals surface area contributed by atoms with Gasteiger partial charge < -0.3 is 9.47 Å². The van der Waals surface area contributed by atoms with Crippen molar-refractivity contribution in [2.75, 3.05) is 25.2 Å². The van der Waals surface area contributed by atoms with Crippen LogP contribution in [0.4, 0.5) is 19.1 Å². The van der Waals surface area contributed by atoms with Crippen LogP contribution in [0.15, 0.2) is 6.07 Å². The van der Waals surface area contributed by atoms with Crippen LogP contribution in [0.25, 0.3) is 0 Å². The maximum Gasteiger partial charge on any atom is 0.433 e. The summed E-state index contributed by atoms with van der Waals surface area (Å²) in [5.74, 6) is 4.40. The molecule has 6 nitrogen and oxygen atoms in total. The topological polar surface area (TPSA) is 82.3 Å². The van der Waals surface area contributed by atoms with E-state index >= 15 is 0 Å². The number of ether oxygens (including phenoxy) is 2. The SMILES string of the molecule is CCOCCOc1cc(C(F)(F)F)nc(NN)n1. The Bertz CT molecular complexity index is 387. The normalized spacial score (nSPS) is 11.4. The molecule has 9 heteroatoms. The molecule has 0 saturated heterocycles. The lowest BCUT2D eigenvalue weighted by atomic mass is 10.4. The molecule has 0 bridgehead atoms. The van der Waals surface area contributed by atoms with Crippen molar-refractivity contribution in [1.29, 1.82) is 0 Å². The highest BCUT2D eigenvalue weighted by molar-refractivity contribution is 5.30. The molecule has 0 aliphatic rings. The van der Waals surface area contributed by atoms with Crippen molar-refractivity contribution in [1.82, 2.24) is 9.97 Å². The Morgan fingerprint density at radius 1 is 1.33 bits per heavy atom. The van der Waals surface area contributed by atoms with Gasteiger partial charge in [-0.05, 0) is 6.92 Å². The fraction of sp³-hybridized carbons (Fsp3) is 0.556. The van der Waals surface area contributed by atoms with Crippen LogP contribution in [-0.2, 0) is 10.9 Å². The van der Waals surface area contributed by atoms with Gasteiger partial charge in [-0.3, -0.25) is 5.43 Å². The second kappa shape index (κ2) is 6.36. The van der Waals surface area contributed by atoms with Crippen molar-refractivity contribution in [3.63, 3.8) is 0 Å². The zero-order chi connectivity index (χ0) is 13.6. The van der Waals surface area contributed by atoms with Crippen molar-refractivity contribution in [3.8, 4) is 5.88 Å². The molecule has 1 aromatic rings. The van der Waals surface area contributed by atoms with Crippen LogP contribution in [0.3, 0.4) is 0 Å². The minimum atomic E-state index is -4.59. The number of halogens is 3. The Labute approximate surface area is 101 Å². The Hall–Kier alpha value is -1.61. The number of hydrazine groups is 1. The van der Waals surface area contributed by atoms with Gasteiger partial charge in [0, 0.05) is 12.7 Å².